The zero-order valence-corrected chi connectivity index (χ0v) is 17.6. The molecule has 0 spiro atoms. The van der Waals surface area contributed by atoms with Crippen molar-refractivity contribution in [2.75, 3.05) is 0 Å². The minimum Gasteiger partial charge on any atom is -0.0905 e. The van der Waals surface area contributed by atoms with E-state index < -0.39 is 0 Å². The van der Waals surface area contributed by atoms with E-state index in [9.17, 15) is 0 Å². The molecule has 0 heteroatoms. The van der Waals surface area contributed by atoms with Gasteiger partial charge >= 0.3 is 0 Å². The topological polar surface area (TPSA) is 0 Å². The molecule has 27 heavy (non-hydrogen) atoms. The lowest BCUT2D eigenvalue weighted by atomic mass is 9.78. The fourth-order valence-electron chi connectivity index (χ4n) is 4.45. The highest BCUT2D eigenvalue weighted by molar-refractivity contribution is 6.06. The average Bonchev–Trinajstić information content (AvgIpc) is 2.69. The van der Waals surface area contributed by atoms with Gasteiger partial charge in [0.2, 0.25) is 0 Å². The van der Waals surface area contributed by atoms with Gasteiger partial charge in [0, 0.05) is 0 Å². The first kappa shape index (κ1) is 19.7. The van der Waals surface area contributed by atoms with Crippen LogP contribution >= 0.6 is 0 Å². The van der Waals surface area contributed by atoms with Crippen LogP contribution in [-0.4, -0.2) is 0 Å². The highest BCUT2D eigenvalue weighted by atomic mass is 14.3. The summed E-state index contributed by atoms with van der Waals surface area (Å²) in [4.78, 5) is 0. The van der Waals surface area contributed by atoms with Crippen molar-refractivity contribution >= 4 is 11.1 Å². The molecule has 142 valence electrons. The summed E-state index contributed by atoms with van der Waals surface area (Å²) in [5, 5.41) is 0. The van der Waals surface area contributed by atoms with Gasteiger partial charge in [-0.15, -0.1) is 0 Å². The number of hydrogen-bond donors (Lipinski definition) is 0. The number of aryl methyl sites for hydroxylation is 2. The van der Waals surface area contributed by atoms with Crippen molar-refractivity contribution in [2.24, 2.45) is 5.92 Å². The molecule has 1 atom stereocenters. The maximum absolute atomic E-state index is 4.52. The summed E-state index contributed by atoms with van der Waals surface area (Å²) in [6, 6.07) is 13.4. The summed E-state index contributed by atoms with van der Waals surface area (Å²) in [7, 11) is 0. The maximum atomic E-state index is 4.52. The molecule has 0 saturated heterocycles. The Morgan fingerprint density at radius 1 is 1.04 bits per heavy atom. The third-order valence-electron chi connectivity index (χ3n) is 6.12. The second-order valence-electron chi connectivity index (χ2n) is 8.15. The lowest BCUT2D eigenvalue weighted by molar-refractivity contribution is 0.501. The second kappa shape index (κ2) is 8.74. The van der Waals surface area contributed by atoms with Crippen molar-refractivity contribution < 1.29 is 0 Å². The van der Waals surface area contributed by atoms with Gasteiger partial charge < -0.3 is 0 Å². The number of benzene rings is 2. The van der Waals surface area contributed by atoms with Crippen LogP contribution in [0.1, 0.15) is 73.4 Å². The molecule has 1 aliphatic carbocycles. The van der Waals surface area contributed by atoms with Crippen molar-refractivity contribution in [3.8, 4) is 0 Å². The van der Waals surface area contributed by atoms with Gasteiger partial charge in [-0.1, -0.05) is 89.1 Å². The summed E-state index contributed by atoms with van der Waals surface area (Å²) >= 11 is 0. The Balaban J connectivity index is 1.95. The Morgan fingerprint density at radius 2 is 1.81 bits per heavy atom. The van der Waals surface area contributed by atoms with Crippen molar-refractivity contribution in [2.45, 2.75) is 66.2 Å². The van der Waals surface area contributed by atoms with Crippen molar-refractivity contribution in [1.82, 2.24) is 0 Å². The molecular weight excluding hydrogens is 324 g/mol. The van der Waals surface area contributed by atoms with E-state index >= 15 is 0 Å². The molecule has 2 aromatic rings. The van der Waals surface area contributed by atoms with Gasteiger partial charge in [0.1, 0.15) is 0 Å². The molecule has 2 aromatic carbocycles. The Morgan fingerprint density at radius 3 is 2.56 bits per heavy atom. The van der Waals surface area contributed by atoms with Crippen LogP contribution < -0.4 is 0 Å². The molecule has 0 aromatic heterocycles. The number of fused-ring (bicyclic) bond motifs is 1. The first-order valence-corrected chi connectivity index (χ1v) is 10.7. The molecular formula is C27H34. The van der Waals surface area contributed by atoms with E-state index in [1.807, 2.05) is 0 Å². The monoisotopic (exact) mass is 358 g/mol. The fourth-order valence-corrected chi connectivity index (χ4v) is 4.45. The van der Waals surface area contributed by atoms with E-state index in [1.54, 1.807) is 5.56 Å². The Bertz CT molecular complexity index is 850. The predicted octanol–water partition coefficient (Wildman–Crippen LogP) is 7.58. The van der Waals surface area contributed by atoms with Gasteiger partial charge in [0.15, 0.2) is 0 Å². The second-order valence-corrected chi connectivity index (χ2v) is 8.15. The SMILES string of the molecule is C=C1C(c2ccccc2CC)=CCc2c1ccc(C)c2CC(C)CCCC. The van der Waals surface area contributed by atoms with Crippen LogP contribution in [0.3, 0.4) is 0 Å². The molecule has 0 fully saturated rings. The molecule has 0 radical (unpaired) electrons. The van der Waals surface area contributed by atoms with E-state index in [-0.39, 0.29) is 0 Å². The standard InChI is InChI=1S/C27H34/c1-6-8-11-19(3)18-27-20(4)14-15-24-21(5)23(16-17-26(24)27)25-13-10-9-12-22(25)7-2/h9-10,12-16,19H,5-8,11,17-18H2,1-4H3. The summed E-state index contributed by atoms with van der Waals surface area (Å²) in [6.07, 6.45) is 9.64. The van der Waals surface area contributed by atoms with Crippen LogP contribution in [0, 0.1) is 12.8 Å². The van der Waals surface area contributed by atoms with Gasteiger partial charge in [-0.25, -0.2) is 0 Å². The summed E-state index contributed by atoms with van der Waals surface area (Å²) in [5.41, 5.74) is 11.2. The highest BCUT2D eigenvalue weighted by Crippen LogP contribution is 2.40. The summed E-state index contributed by atoms with van der Waals surface area (Å²) < 4.78 is 0. The van der Waals surface area contributed by atoms with E-state index in [2.05, 4.69) is 76.7 Å². The molecule has 0 saturated carbocycles. The quantitative estimate of drug-likeness (QED) is 0.478. The van der Waals surface area contributed by atoms with Crippen molar-refractivity contribution in [3.05, 3.63) is 82.4 Å². The van der Waals surface area contributed by atoms with Crippen LogP contribution in [0.5, 0.6) is 0 Å². The van der Waals surface area contributed by atoms with Gasteiger partial charge in [-0.05, 0) is 76.6 Å². The third kappa shape index (κ3) is 4.10. The number of unbranched alkanes of at least 4 members (excludes halogenated alkanes) is 1. The Labute approximate surface area is 166 Å². The molecule has 0 nitrogen and oxygen atoms in total. The largest absolute Gasteiger partial charge is 0.0905 e. The van der Waals surface area contributed by atoms with Crippen molar-refractivity contribution in [3.63, 3.8) is 0 Å². The van der Waals surface area contributed by atoms with E-state index in [0.29, 0.717) is 0 Å². The molecule has 1 unspecified atom stereocenters. The Hall–Kier alpha value is -2.08. The molecule has 0 bridgehead atoms. The van der Waals surface area contributed by atoms with E-state index in [0.717, 1.165) is 18.8 Å². The molecule has 0 amide bonds. The van der Waals surface area contributed by atoms with E-state index in [4.69, 9.17) is 0 Å². The Kier molecular flexibility index (Phi) is 6.37. The predicted molar refractivity (Wildman–Crippen MR) is 120 cm³/mol. The third-order valence-corrected chi connectivity index (χ3v) is 6.12. The molecule has 0 aliphatic heterocycles. The van der Waals surface area contributed by atoms with Crippen LogP contribution in [-0.2, 0) is 19.3 Å². The minimum atomic E-state index is 0.745. The van der Waals surface area contributed by atoms with Gasteiger partial charge in [-0.2, -0.15) is 0 Å². The number of hydrogen-bond acceptors (Lipinski definition) is 0. The van der Waals surface area contributed by atoms with E-state index in [1.165, 1.54) is 64.6 Å². The molecule has 0 N–H and O–H groups in total. The number of allylic oxidation sites excluding steroid dienone is 3. The van der Waals surface area contributed by atoms with Crippen LogP contribution in [0.2, 0.25) is 0 Å². The van der Waals surface area contributed by atoms with Crippen LogP contribution in [0.25, 0.3) is 11.1 Å². The summed E-state index contributed by atoms with van der Waals surface area (Å²) in [5.74, 6) is 0.745. The van der Waals surface area contributed by atoms with Crippen molar-refractivity contribution in [1.29, 1.82) is 0 Å². The highest BCUT2D eigenvalue weighted by Gasteiger charge is 2.22. The maximum Gasteiger partial charge on any atom is -0.00790 e. The molecule has 1 aliphatic rings. The molecule has 3 rings (SSSR count). The smallest absolute Gasteiger partial charge is 0.00790 e. The van der Waals surface area contributed by atoms with Crippen LogP contribution in [0.4, 0.5) is 0 Å². The van der Waals surface area contributed by atoms with Gasteiger partial charge in [0.25, 0.3) is 0 Å². The zero-order valence-electron chi connectivity index (χ0n) is 17.6. The minimum absolute atomic E-state index is 0.745. The zero-order chi connectivity index (χ0) is 19.4. The fraction of sp³-hybridized carbons (Fsp3) is 0.407. The molecule has 0 heterocycles. The average molecular weight is 359 g/mol. The lowest BCUT2D eigenvalue weighted by Crippen LogP contribution is -2.10. The van der Waals surface area contributed by atoms with Crippen LogP contribution in [0.15, 0.2) is 49.1 Å². The normalized spacial score (nSPS) is 14.7. The van der Waals surface area contributed by atoms with Gasteiger partial charge in [0.05, 0.1) is 0 Å². The first-order chi connectivity index (χ1) is 13.1. The van der Waals surface area contributed by atoms with Gasteiger partial charge in [-0.3, -0.25) is 0 Å². The summed E-state index contributed by atoms with van der Waals surface area (Å²) in [6.45, 7) is 13.7. The number of rotatable bonds is 7. The lowest BCUT2D eigenvalue weighted by Gasteiger charge is -2.26. The first-order valence-electron chi connectivity index (χ1n) is 10.7.